The SMILES string of the molecule is O=S(=O)(NCC1OCC(NCc2ccncc2)C1O)c1ccccc1. The van der Waals surface area contributed by atoms with Crippen LogP contribution < -0.4 is 10.0 Å². The van der Waals surface area contributed by atoms with E-state index in [1.54, 1.807) is 30.6 Å². The van der Waals surface area contributed by atoms with Gasteiger partial charge in [0.25, 0.3) is 0 Å². The highest BCUT2D eigenvalue weighted by atomic mass is 32.2. The molecule has 0 saturated carbocycles. The first-order valence-corrected chi connectivity index (χ1v) is 9.51. The van der Waals surface area contributed by atoms with E-state index >= 15 is 0 Å². The zero-order valence-electron chi connectivity index (χ0n) is 13.6. The lowest BCUT2D eigenvalue weighted by Gasteiger charge is -2.19. The van der Waals surface area contributed by atoms with E-state index in [4.69, 9.17) is 4.74 Å². The van der Waals surface area contributed by atoms with Gasteiger partial charge in [-0.05, 0) is 29.8 Å². The van der Waals surface area contributed by atoms with Crippen molar-refractivity contribution in [2.75, 3.05) is 13.2 Å². The van der Waals surface area contributed by atoms with Gasteiger partial charge in [-0.1, -0.05) is 18.2 Å². The van der Waals surface area contributed by atoms with Crippen molar-refractivity contribution in [3.8, 4) is 0 Å². The summed E-state index contributed by atoms with van der Waals surface area (Å²) in [6, 6.07) is 11.6. The molecule has 134 valence electrons. The van der Waals surface area contributed by atoms with Crippen LogP contribution in [0.1, 0.15) is 5.56 Å². The zero-order chi connectivity index (χ0) is 17.7. The molecule has 3 rings (SSSR count). The van der Waals surface area contributed by atoms with Crippen LogP contribution in [0, 0.1) is 0 Å². The predicted octanol–water partition coefficient (Wildman–Crippen LogP) is 0.278. The lowest BCUT2D eigenvalue weighted by molar-refractivity contribution is 0.0443. The standard InChI is InChI=1S/C17H21N3O4S/c21-17-15(19-10-13-6-8-18-9-7-13)12-24-16(17)11-20-25(22,23)14-4-2-1-3-5-14/h1-9,15-17,19-21H,10-12H2. The average Bonchev–Trinajstić information content (AvgIpc) is 3.00. The Morgan fingerprint density at radius 3 is 2.60 bits per heavy atom. The Hall–Kier alpha value is -1.84. The molecule has 0 aliphatic carbocycles. The van der Waals surface area contributed by atoms with Crippen LogP contribution in [-0.4, -0.2) is 49.9 Å². The molecule has 25 heavy (non-hydrogen) atoms. The molecule has 1 aromatic carbocycles. The molecule has 0 bridgehead atoms. The third kappa shape index (κ3) is 4.62. The second-order valence-corrected chi connectivity index (χ2v) is 7.64. The summed E-state index contributed by atoms with van der Waals surface area (Å²) in [5, 5.41) is 13.6. The van der Waals surface area contributed by atoms with Gasteiger partial charge in [0.05, 0.1) is 29.8 Å². The summed E-state index contributed by atoms with van der Waals surface area (Å²) in [7, 11) is -3.61. The van der Waals surface area contributed by atoms with E-state index in [2.05, 4.69) is 15.0 Å². The molecule has 1 aliphatic heterocycles. The van der Waals surface area contributed by atoms with Crippen LogP contribution >= 0.6 is 0 Å². The first kappa shape index (κ1) is 18.0. The summed E-state index contributed by atoms with van der Waals surface area (Å²) in [4.78, 5) is 4.15. The molecule has 3 atom stereocenters. The van der Waals surface area contributed by atoms with Gasteiger partial charge < -0.3 is 15.2 Å². The number of aliphatic hydroxyl groups excluding tert-OH is 1. The number of benzene rings is 1. The Balaban J connectivity index is 1.51. The Kier molecular flexibility index (Phi) is 5.77. The van der Waals surface area contributed by atoms with Crippen LogP contribution in [0.2, 0.25) is 0 Å². The van der Waals surface area contributed by atoms with Crippen molar-refractivity contribution >= 4 is 10.0 Å². The van der Waals surface area contributed by atoms with Gasteiger partial charge in [-0.2, -0.15) is 0 Å². The van der Waals surface area contributed by atoms with Crippen LogP contribution in [0.4, 0.5) is 0 Å². The fourth-order valence-corrected chi connectivity index (χ4v) is 3.73. The Morgan fingerprint density at radius 1 is 1.16 bits per heavy atom. The third-order valence-electron chi connectivity index (χ3n) is 4.13. The maximum absolute atomic E-state index is 12.2. The first-order valence-electron chi connectivity index (χ1n) is 8.03. The molecule has 1 fully saturated rings. The molecule has 2 heterocycles. The molecule has 1 aromatic heterocycles. The van der Waals surface area contributed by atoms with Crippen LogP contribution in [0.15, 0.2) is 59.8 Å². The zero-order valence-corrected chi connectivity index (χ0v) is 14.4. The molecule has 0 radical (unpaired) electrons. The van der Waals surface area contributed by atoms with E-state index in [1.807, 2.05) is 12.1 Å². The number of nitrogens with zero attached hydrogens (tertiary/aromatic N) is 1. The number of ether oxygens (including phenoxy) is 1. The Labute approximate surface area is 147 Å². The normalized spacial score (nSPS) is 23.6. The van der Waals surface area contributed by atoms with Crippen LogP contribution in [0.3, 0.4) is 0 Å². The summed E-state index contributed by atoms with van der Waals surface area (Å²) in [5.74, 6) is 0. The summed E-state index contributed by atoms with van der Waals surface area (Å²) in [6.45, 7) is 0.923. The number of hydrogen-bond acceptors (Lipinski definition) is 6. The number of rotatable bonds is 7. The van der Waals surface area contributed by atoms with Gasteiger partial charge in [0.1, 0.15) is 0 Å². The van der Waals surface area contributed by atoms with Crippen molar-refractivity contribution in [2.24, 2.45) is 0 Å². The number of aliphatic hydroxyl groups is 1. The minimum Gasteiger partial charge on any atom is -0.389 e. The molecule has 1 saturated heterocycles. The van der Waals surface area contributed by atoms with Gasteiger partial charge in [-0.15, -0.1) is 0 Å². The second kappa shape index (κ2) is 8.03. The van der Waals surface area contributed by atoms with E-state index in [0.717, 1.165) is 5.56 Å². The van der Waals surface area contributed by atoms with Crippen molar-refractivity contribution in [3.05, 3.63) is 60.4 Å². The van der Waals surface area contributed by atoms with Gasteiger partial charge in [0.15, 0.2) is 0 Å². The third-order valence-corrected chi connectivity index (χ3v) is 5.57. The molecule has 3 N–H and O–H groups in total. The fourth-order valence-electron chi connectivity index (χ4n) is 2.67. The topological polar surface area (TPSA) is 101 Å². The van der Waals surface area contributed by atoms with Gasteiger partial charge >= 0.3 is 0 Å². The fraction of sp³-hybridized carbons (Fsp3) is 0.353. The molecule has 0 spiro atoms. The minimum atomic E-state index is -3.61. The van der Waals surface area contributed by atoms with Crippen molar-refractivity contribution in [1.29, 1.82) is 0 Å². The maximum atomic E-state index is 12.2. The summed E-state index contributed by atoms with van der Waals surface area (Å²) in [5.41, 5.74) is 1.05. The van der Waals surface area contributed by atoms with Crippen molar-refractivity contribution in [1.82, 2.24) is 15.0 Å². The van der Waals surface area contributed by atoms with Crippen LogP contribution in [0.25, 0.3) is 0 Å². The van der Waals surface area contributed by atoms with Gasteiger partial charge in [-0.3, -0.25) is 4.98 Å². The monoisotopic (exact) mass is 363 g/mol. The highest BCUT2D eigenvalue weighted by Gasteiger charge is 2.36. The molecular formula is C17H21N3O4S. The Morgan fingerprint density at radius 2 is 1.88 bits per heavy atom. The summed E-state index contributed by atoms with van der Waals surface area (Å²) < 4.78 is 32.5. The summed E-state index contributed by atoms with van der Waals surface area (Å²) >= 11 is 0. The van der Waals surface area contributed by atoms with Crippen LogP contribution in [0.5, 0.6) is 0 Å². The minimum absolute atomic E-state index is 0.0197. The maximum Gasteiger partial charge on any atom is 0.240 e. The molecule has 2 aromatic rings. The van der Waals surface area contributed by atoms with E-state index in [0.29, 0.717) is 13.2 Å². The average molecular weight is 363 g/mol. The number of sulfonamides is 1. The highest BCUT2D eigenvalue weighted by Crippen LogP contribution is 2.16. The number of pyridine rings is 1. The molecular weight excluding hydrogens is 342 g/mol. The molecule has 1 aliphatic rings. The number of hydrogen-bond donors (Lipinski definition) is 3. The Bertz CT molecular complexity index is 771. The largest absolute Gasteiger partial charge is 0.389 e. The first-order chi connectivity index (χ1) is 12.1. The predicted molar refractivity (Wildman–Crippen MR) is 92.2 cm³/mol. The van der Waals surface area contributed by atoms with E-state index in [-0.39, 0.29) is 17.5 Å². The van der Waals surface area contributed by atoms with Gasteiger partial charge in [0, 0.05) is 25.5 Å². The van der Waals surface area contributed by atoms with Crippen molar-refractivity contribution in [3.63, 3.8) is 0 Å². The van der Waals surface area contributed by atoms with Crippen molar-refractivity contribution in [2.45, 2.75) is 29.7 Å². The van der Waals surface area contributed by atoms with Crippen LogP contribution in [-0.2, 0) is 21.3 Å². The smallest absolute Gasteiger partial charge is 0.240 e. The van der Waals surface area contributed by atoms with E-state index in [9.17, 15) is 13.5 Å². The lowest BCUT2D eigenvalue weighted by atomic mass is 10.1. The van der Waals surface area contributed by atoms with Gasteiger partial charge in [0.2, 0.25) is 10.0 Å². The lowest BCUT2D eigenvalue weighted by Crippen LogP contribution is -2.44. The quantitative estimate of drug-likeness (QED) is 0.653. The van der Waals surface area contributed by atoms with Gasteiger partial charge in [-0.25, -0.2) is 13.1 Å². The van der Waals surface area contributed by atoms with E-state index in [1.165, 1.54) is 12.1 Å². The van der Waals surface area contributed by atoms with Crippen molar-refractivity contribution < 1.29 is 18.3 Å². The highest BCUT2D eigenvalue weighted by molar-refractivity contribution is 7.89. The summed E-state index contributed by atoms with van der Waals surface area (Å²) in [6.07, 6.45) is 2.04. The second-order valence-electron chi connectivity index (χ2n) is 5.87. The molecule has 7 nitrogen and oxygen atoms in total. The number of aromatic nitrogens is 1. The van der Waals surface area contributed by atoms with E-state index < -0.39 is 22.2 Å². The molecule has 8 heteroatoms. The molecule has 0 amide bonds. The number of nitrogens with one attached hydrogen (secondary N) is 2. The molecule has 3 unspecified atom stereocenters.